The van der Waals surface area contributed by atoms with Crippen molar-refractivity contribution in [1.82, 2.24) is 10.9 Å². The maximum Gasteiger partial charge on any atom is 0.337 e. The molecule has 1 heterocycles. The van der Waals surface area contributed by atoms with Crippen LogP contribution in [0.15, 0.2) is 12.1 Å². The summed E-state index contributed by atoms with van der Waals surface area (Å²) in [7, 11) is 0. The molecule has 2 N–H and O–H groups in total. The summed E-state index contributed by atoms with van der Waals surface area (Å²) in [5, 5.41) is 0. The Morgan fingerprint density at radius 3 is 2.27 bits per heavy atom. The number of amides is 2. The van der Waals surface area contributed by atoms with Crippen LogP contribution < -0.4 is 15.8 Å². The first-order valence-corrected chi connectivity index (χ1v) is 4.04. The summed E-state index contributed by atoms with van der Waals surface area (Å²) in [5.74, 6) is -4.21. The molecule has 0 saturated carbocycles. The largest absolute Gasteiger partial charge is 0.337 e. The maximum atomic E-state index is 12.8. The van der Waals surface area contributed by atoms with E-state index < -0.39 is 23.5 Å². The van der Waals surface area contributed by atoms with Crippen molar-refractivity contribution in [1.29, 1.82) is 0 Å². The SMILES string of the molecule is O=C1NNCN1c1cc(F)c(F)c(F)c1. The van der Waals surface area contributed by atoms with Gasteiger partial charge in [-0.25, -0.2) is 23.4 Å². The molecule has 0 spiro atoms. The zero-order chi connectivity index (χ0) is 11.0. The predicted octanol–water partition coefficient (Wildman–Crippen LogP) is 1.10. The molecular weight excluding hydrogens is 211 g/mol. The van der Waals surface area contributed by atoms with Crippen LogP contribution in [-0.2, 0) is 0 Å². The van der Waals surface area contributed by atoms with E-state index in [1.807, 2.05) is 0 Å². The van der Waals surface area contributed by atoms with Gasteiger partial charge in [0.1, 0.15) is 0 Å². The molecule has 15 heavy (non-hydrogen) atoms. The molecular formula is C8H6F3N3O. The second kappa shape index (κ2) is 3.43. The lowest BCUT2D eigenvalue weighted by molar-refractivity contribution is 0.250. The number of halogens is 3. The smallest absolute Gasteiger partial charge is 0.278 e. The molecule has 2 rings (SSSR count). The standard InChI is InChI=1S/C8H6F3N3O/c9-5-1-4(2-6(10)7(5)11)14-3-12-13-8(14)15/h1-2,12H,3H2,(H,13,15). The predicted molar refractivity (Wildman–Crippen MR) is 45.3 cm³/mol. The summed E-state index contributed by atoms with van der Waals surface area (Å²) in [5.41, 5.74) is 4.63. The van der Waals surface area contributed by atoms with Gasteiger partial charge >= 0.3 is 6.03 Å². The van der Waals surface area contributed by atoms with Gasteiger partial charge in [0.25, 0.3) is 0 Å². The van der Waals surface area contributed by atoms with Crippen molar-refractivity contribution in [3.05, 3.63) is 29.6 Å². The molecule has 7 heteroatoms. The molecule has 0 bridgehead atoms. The third kappa shape index (κ3) is 1.61. The summed E-state index contributed by atoms with van der Waals surface area (Å²) in [6.07, 6.45) is 0. The number of nitrogens with one attached hydrogen (secondary N) is 2. The van der Waals surface area contributed by atoms with Gasteiger partial charge in [-0.1, -0.05) is 0 Å². The van der Waals surface area contributed by atoms with Crippen molar-refractivity contribution < 1.29 is 18.0 Å². The lowest BCUT2D eigenvalue weighted by atomic mass is 10.2. The topological polar surface area (TPSA) is 44.4 Å². The molecule has 0 unspecified atom stereocenters. The highest BCUT2D eigenvalue weighted by atomic mass is 19.2. The first-order chi connectivity index (χ1) is 7.09. The van der Waals surface area contributed by atoms with Gasteiger partial charge in [-0.15, -0.1) is 0 Å². The highest BCUT2D eigenvalue weighted by molar-refractivity contribution is 5.93. The number of carbonyl (C=O) groups is 1. The Balaban J connectivity index is 2.41. The minimum Gasteiger partial charge on any atom is -0.278 e. The highest BCUT2D eigenvalue weighted by Gasteiger charge is 2.23. The Hall–Kier alpha value is -1.76. The highest BCUT2D eigenvalue weighted by Crippen LogP contribution is 2.21. The molecule has 80 valence electrons. The number of hydrazine groups is 1. The zero-order valence-corrected chi connectivity index (χ0v) is 7.35. The zero-order valence-electron chi connectivity index (χ0n) is 7.35. The number of urea groups is 1. The molecule has 0 atom stereocenters. The number of hydrogen-bond donors (Lipinski definition) is 2. The van der Waals surface area contributed by atoms with Crippen LogP contribution in [0.4, 0.5) is 23.7 Å². The molecule has 0 radical (unpaired) electrons. The van der Waals surface area contributed by atoms with E-state index in [9.17, 15) is 18.0 Å². The molecule has 1 fully saturated rings. The summed E-state index contributed by atoms with van der Waals surface area (Å²) in [6.45, 7) is 0.0589. The van der Waals surface area contributed by atoms with Gasteiger partial charge in [-0.2, -0.15) is 0 Å². The van der Waals surface area contributed by atoms with E-state index in [0.717, 1.165) is 17.0 Å². The van der Waals surface area contributed by atoms with E-state index in [4.69, 9.17) is 0 Å². The minimum absolute atomic E-state index is 0.0473. The van der Waals surface area contributed by atoms with Crippen LogP contribution in [0.25, 0.3) is 0 Å². The Labute approximate surface area is 82.6 Å². The molecule has 1 aliphatic rings. The lowest BCUT2D eigenvalue weighted by Crippen LogP contribution is -2.28. The summed E-state index contributed by atoms with van der Waals surface area (Å²) in [4.78, 5) is 12.1. The molecule has 0 aliphatic carbocycles. The van der Waals surface area contributed by atoms with Gasteiger partial charge in [-0.05, 0) is 0 Å². The molecule has 1 saturated heterocycles. The van der Waals surface area contributed by atoms with Gasteiger partial charge in [0.2, 0.25) is 0 Å². The monoisotopic (exact) mass is 217 g/mol. The molecule has 1 aromatic carbocycles. The third-order valence-corrected chi connectivity index (χ3v) is 1.96. The van der Waals surface area contributed by atoms with E-state index in [0.29, 0.717) is 0 Å². The van der Waals surface area contributed by atoms with Crippen molar-refractivity contribution >= 4 is 11.7 Å². The molecule has 1 aliphatic heterocycles. The molecule has 2 amide bonds. The van der Waals surface area contributed by atoms with Crippen LogP contribution >= 0.6 is 0 Å². The minimum atomic E-state index is -1.55. The van der Waals surface area contributed by atoms with Gasteiger partial charge in [0.05, 0.1) is 12.4 Å². The van der Waals surface area contributed by atoms with E-state index in [1.54, 1.807) is 0 Å². The van der Waals surface area contributed by atoms with Crippen LogP contribution in [0, 0.1) is 17.5 Å². The van der Waals surface area contributed by atoms with Crippen LogP contribution in [-0.4, -0.2) is 12.7 Å². The van der Waals surface area contributed by atoms with E-state index in [2.05, 4.69) is 10.9 Å². The van der Waals surface area contributed by atoms with Crippen LogP contribution in [0.2, 0.25) is 0 Å². The number of nitrogens with zero attached hydrogens (tertiary/aromatic N) is 1. The van der Waals surface area contributed by atoms with Crippen LogP contribution in [0.3, 0.4) is 0 Å². The maximum absolute atomic E-state index is 12.8. The normalized spacial score (nSPS) is 15.7. The summed E-state index contributed by atoms with van der Waals surface area (Å²) in [6, 6.07) is 0.955. The van der Waals surface area contributed by atoms with Crippen LogP contribution in [0.1, 0.15) is 0 Å². The quantitative estimate of drug-likeness (QED) is 0.692. The van der Waals surface area contributed by atoms with Crippen molar-refractivity contribution in [2.24, 2.45) is 0 Å². The number of benzene rings is 1. The lowest BCUT2D eigenvalue weighted by Gasteiger charge is -2.13. The average Bonchev–Trinajstić information content (AvgIpc) is 2.60. The Morgan fingerprint density at radius 2 is 1.80 bits per heavy atom. The number of rotatable bonds is 1. The third-order valence-electron chi connectivity index (χ3n) is 1.96. The van der Waals surface area contributed by atoms with Crippen molar-refractivity contribution in [3.63, 3.8) is 0 Å². The van der Waals surface area contributed by atoms with Crippen LogP contribution in [0.5, 0.6) is 0 Å². The molecule has 0 aromatic heterocycles. The summed E-state index contributed by atoms with van der Waals surface area (Å²) >= 11 is 0. The second-order valence-electron chi connectivity index (χ2n) is 2.92. The fraction of sp³-hybridized carbons (Fsp3) is 0.125. The van der Waals surface area contributed by atoms with Gasteiger partial charge in [-0.3, -0.25) is 10.3 Å². The summed E-state index contributed by atoms with van der Waals surface area (Å²) < 4.78 is 38.3. The van der Waals surface area contributed by atoms with Gasteiger partial charge in [0.15, 0.2) is 17.5 Å². The van der Waals surface area contributed by atoms with Gasteiger partial charge < -0.3 is 0 Å². The van der Waals surface area contributed by atoms with E-state index >= 15 is 0 Å². The Bertz CT molecular complexity index is 401. The second-order valence-corrected chi connectivity index (χ2v) is 2.92. The molecule has 4 nitrogen and oxygen atoms in total. The number of anilines is 1. The van der Waals surface area contributed by atoms with E-state index in [-0.39, 0.29) is 12.4 Å². The van der Waals surface area contributed by atoms with Crippen molar-refractivity contribution in [2.75, 3.05) is 11.6 Å². The first-order valence-electron chi connectivity index (χ1n) is 4.04. The Kier molecular flexibility index (Phi) is 2.24. The van der Waals surface area contributed by atoms with Crippen molar-refractivity contribution in [3.8, 4) is 0 Å². The first kappa shape index (κ1) is 9.78. The number of carbonyl (C=O) groups excluding carboxylic acids is 1. The Morgan fingerprint density at radius 1 is 1.20 bits per heavy atom. The van der Waals surface area contributed by atoms with Crippen molar-refractivity contribution in [2.45, 2.75) is 0 Å². The number of hydrogen-bond acceptors (Lipinski definition) is 2. The average molecular weight is 217 g/mol. The fourth-order valence-corrected chi connectivity index (χ4v) is 1.24. The van der Waals surface area contributed by atoms with Gasteiger partial charge in [0, 0.05) is 12.1 Å². The van der Waals surface area contributed by atoms with E-state index in [1.165, 1.54) is 0 Å². The molecule has 1 aromatic rings. The fourth-order valence-electron chi connectivity index (χ4n) is 1.24.